The van der Waals surface area contributed by atoms with Crippen molar-refractivity contribution in [2.24, 2.45) is 5.92 Å². The van der Waals surface area contributed by atoms with E-state index in [4.69, 9.17) is 5.11 Å². The molecule has 0 heterocycles. The molecular formula is C8H17ClN2O5. The second kappa shape index (κ2) is 8.12. The lowest BCUT2D eigenvalue weighted by molar-refractivity contribution is -0.553. The summed E-state index contributed by atoms with van der Waals surface area (Å²) in [5.41, 5.74) is 1.93. The highest BCUT2D eigenvalue weighted by atomic mass is 35.5. The summed E-state index contributed by atoms with van der Waals surface area (Å²) in [6.07, 6.45) is -1.41. The lowest BCUT2D eigenvalue weighted by Gasteiger charge is -2.20. The molecule has 0 saturated carbocycles. The molecular weight excluding hydrogens is 240 g/mol. The summed E-state index contributed by atoms with van der Waals surface area (Å²) < 4.78 is 0. The van der Waals surface area contributed by atoms with E-state index in [9.17, 15) is 20.0 Å². The molecule has 16 heavy (non-hydrogen) atoms. The Kier molecular flexibility index (Phi) is 8.79. The van der Waals surface area contributed by atoms with Crippen molar-refractivity contribution in [2.75, 3.05) is 0 Å². The van der Waals surface area contributed by atoms with Crippen molar-refractivity contribution in [1.82, 2.24) is 5.43 Å². The molecule has 0 saturated heterocycles. The minimum absolute atomic E-state index is 0. The van der Waals surface area contributed by atoms with Crippen LogP contribution in [0.15, 0.2) is 0 Å². The van der Waals surface area contributed by atoms with Crippen molar-refractivity contribution < 1.29 is 20.0 Å². The predicted molar refractivity (Wildman–Crippen MR) is 58.9 cm³/mol. The third-order valence-corrected chi connectivity index (χ3v) is 1.84. The number of carbonyl (C=O) groups is 1. The first-order valence-electron chi connectivity index (χ1n) is 4.63. The lowest BCUT2D eigenvalue weighted by Crippen LogP contribution is -2.44. The van der Waals surface area contributed by atoms with E-state index in [0.29, 0.717) is 6.42 Å². The zero-order chi connectivity index (χ0) is 12.0. The Balaban J connectivity index is 0. The average molecular weight is 257 g/mol. The third kappa shape index (κ3) is 8.25. The number of halogens is 1. The molecule has 7 nitrogen and oxygen atoms in total. The highest BCUT2D eigenvalue weighted by Crippen LogP contribution is 2.10. The quantitative estimate of drug-likeness (QED) is 0.450. The molecule has 0 radical (unpaired) electrons. The fourth-order valence-electron chi connectivity index (χ4n) is 1.26. The van der Waals surface area contributed by atoms with E-state index in [0.717, 1.165) is 0 Å². The van der Waals surface area contributed by atoms with Crippen molar-refractivity contribution in [1.29, 1.82) is 0 Å². The Morgan fingerprint density at radius 1 is 1.50 bits per heavy atom. The summed E-state index contributed by atoms with van der Waals surface area (Å²) in [5.74, 6) is -1.05. The van der Waals surface area contributed by atoms with Gasteiger partial charge in [0.25, 0.3) is 0 Å². The molecule has 0 aliphatic rings. The molecule has 0 aromatic carbocycles. The normalized spacial score (nSPS) is 13.8. The maximum atomic E-state index is 10.3. The van der Waals surface area contributed by atoms with Crippen LogP contribution in [-0.2, 0) is 4.79 Å². The number of aliphatic carboxylic acids is 1. The van der Waals surface area contributed by atoms with Crippen molar-refractivity contribution >= 4 is 18.4 Å². The molecule has 0 amide bonds. The molecule has 0 aliphatic carbocycles. The summed E-state index contributed by atoms with van der Waals surface area (Å²) in [5, 5.41) is 27.3. The Morgan fingerprint density at radius 3 is 2.31 bits per heavy atom. The molecule has 3 N–H and O–H groups in total. The second-order valence-corrected chi connectivity index (χ2v) is 3.79. The summed E-state index contributed by atoms with van der Waals surface area (Å²) in [6.45, 7) is 3.67. The van der Waals surface area contributed by atoms with Crippen LogP contribution in [0.25, 0.3) is 0 Å². The van der Waals surface area contributed by atoms with E-state index in [1.54, 1.807) is 0 Å². The topological polar surface area (TPSA) is 113 Å². The number of rotatable bonds is 7. The van der Waals surface area contributed by atoms with Gasteiger partial charge in [-0.2, -0.15) is 0 Å². The van der Waals surface area contributed by atoms with Gasteiger partial charge >= 0.3 is 5.97 Å². The fraction of sp³-hybridized carbons (Fsp3) is 0.875. The molecule has 0 bridgehead atoms. The Morgan fingerprint density at radius 2 is 2.00 bits per heavy atom. The van der Waals surface area contributed by atoms with Crippen LogP contribution >= 0.6 is 12.4 Å². The molecule has 0 aliphatic heterocycles. The number of aliphatic hydroxyl groups is 1. The molecule has 0 aromatic heterocycles. The molecule has 96 valence electrons. The van der Waals surface area contributed by atoms with Crippen molar-refractivity contribution in [2.45, 2.75) is 38.8 Å². The highest BCUT2D eigenvalue weighted by Gasteiger charge is 2.26. The first kappa shape index (κ1) is 17.3. The second-order valence-electron chi connectivity index (χ2n) is 3.79. The molecule has 0 fully saturated rings. The molecule has 0 spiro atoms. The van der Waals surface area contributed by atoms with Gasteiger partial charge < -0.3 is 10.2 Å². The number of aliphatic hydroxyl groups excluding tert-OH is 1. The van der Waals surface area contributed by atoms with Crippen LogP contribution in [0.3, 0.4) is 0 Å². The van der Waals surface area contributed by atoms with Crippen LogP contribution in [0.1, 0.15) is 26.7 Å². The van der Waals surface area contributed by atoms with Gasteiger partial charge in [0.2, 0.25) is 0 Å². The highest BCUT2D eigenvalue weighted by molar-refractivity contribution is 5.85. The van der Waals surface area contributed by atoms with Gasteiger partial charge in [0.1, 0.15) is 6.04 Å². The monoisotopic (exact) mass is 256 g/mol. The number of hydrazine groups is 1. The molecule has 0 aromatic rings. The number of hydrogen-bond donors (Lipinski definition) is 3. The maximum absolute atomic E-state index is 10.3. The van der Waals surface area contributed by atoms with Gasteiger partial charge in [0.05, 0.1) is 12.5 Å². The molecule has 2 atom stereocenters. The van der Waals surface area contributed by atoms with Gasteiger partial charge in [-0.25, -0.2) is 10.1 Å². The van der Waals surface area contributed by atoms with Crippen molar-refractivity contribution in [3.8, 4) is 0 Å². The van der Waals surface area contributed by atoms with Gasteiger partial charge in [0.15, 0.2) is 5.03 Å². The van der Waals surface area contributed by atoms with Crippen LogP contribution in [0.4, 0.5) is 0 Å². The summed E-state index contributed by atoms with van der Waals surface area (Å²) >= 11 is 0. The van der Waals surface area contributed by atoms with Crippen LogP contribution in [-0.4, -0.2) is 33.4 Å². The minimum Gasteiger partial charge on any atom is -0.481 e. The van der Waals surface area contributed by atoms with Gasteiger partial charge in [0, 0.05) is 0 Å². The number of hydrogen-bond acceptors (Lipinski definition) is 4. The zero-order valence-corrected chi connectivity index (χ0v) is 9.94. The van der Waals surface area contributed by atoms with E-state index in [2.05, 4.69) is 0 Å². The van der Waals surface area contributed by atoms with E-state index >= 15 is 0 Å². The third-order valence-electron chi connectivity index (χ3n) is 1.84. The minimum atomic E-state index is -1.25. The van der Waals surface area contributed by atoms with E-state index < -0.39 is 29.6 Å². The first-order chi connectivity index (χ1) is 6.82. The van der Waals surface area contributed by atoms with Crippen LogP contribution in [0, 0.1) is 16.0 Å². The summed E-state index contributed by atoms with van der Waals surface area (Å²) in [4.78, 5) is 20.5. The predicted octanol–water partition coefficient (Wildman–Crippen LogP) is 0.440. The molecule has 0 rings (SSSR count). The smallest absolute Gasteiger partial charge is 0.306 e. The van der Waals surface area contributed by atoms with Gasteiger partial charge in [-0.15, -0.1) is 17.8 Å². The fourth-order valence-corrected chi connectivity index (χ4v) is 1.26. The Hall–Kier alpha value is -1.08. The van der Waals surface area contributed by atoms with Gasteiger partial charge in [-0.1, -0.05) is 13.8 Å². The number of carboxylic acids is 1. The summed E-state index contributed by atoms with van der Waals surface area (Å²) in [6, 6.07) is -0.837. The van der Waals surface area contributed by atoms with Gasteiger partial charge in [-0.05, 0) is 12.3 Å². The van der Waals surface area contributed by atoms with E-state index in [-0.39, 0.29) is 18.3 Å². The first-order valence-corrected chi connectivity index (χ1v) is 4.63. The number of nitrogens with one attached hydrogen (secondary N) is 1. The zero-order valence-electron chi connectivity index (χ0n) is 9.12. The standard InChI is InChI=1S/C8H16N2O5.ClH/c1-5(2)3-6(9-10(14)15)7(11)4-8(12)13;/h5-7,9,11H,3-4H2,1-2H3,(H,12,13);1H/t6-,7-;/m0./s1. The Labute approximate surface area is 99.4 Å². The van der Waals surface area contributed by atoms with Crippen LogP contribution in [0.5, 0.6) is 0 Å². The summed E-state index contributed by atoms with van der Waals surface area (Å²) in [7, 11) is 0. The largest absolute Gasteiger partial charge is 0.481 e. The molecule has 8 heteroatoms. The van der Waals surface area contributed by atoms with Crippen molar-refractivity contribution in [3.63, 3.8) is 0 Å². The van der Waals surface area contributed by atoms with E-state index in [1.807, 2.05) is 19.3 Å². The number of nitrogens with zero attached hydrogens (tertiary/aromatic N) is 1. The van der Waals surface area contributed by atoms with E-state index in [1.165, 1.54) is 0 Å². The molecule has 0 unspecified atom stereocenters. The van der Waals surface area contributed by atoms with Crippen molar-refractivity contribution in [3.05, 3.63) is 10.1 Å². The SMILES string of the molecule is CC(C)C[C@H](N[N+](=O)[O-])[C@@H](O)CC(=O)O.Cl. The van der Waals surface area contributed by atoms with Crippen LogP contribution < -0.4 is 5.43 Å². The average Bonchev–Trinajstić information content (AvgIpc) is 1.99. The Bertz CT molecular complexity index is 236. The number of nitro groups is 1. The lowest BCUT2D eigenvalue weighted by atomic mass is 9.98. The number of carboxylic acid groups (broad SMARTS) is 1. The van der Waals surface area contributed by atoms with Crippen LogP contribution in [0.2, 0.25) is 0 Å². The van der Waals surface area contributed by atoms with Gasteiger partial charge in [-0.3, -0.25) is 4.79 Å². The maximum Gasteiger partial charge on any atom is 0.306 e.